The molecule has 3 rings (SSSR count). The number of carbonyl (C=O) groups is 5. The highest BCUT2D eigenvalue weighted by molar-refractivity contribution is 7.09. The number of piperidine rings is 1. The maximum absolute atomic E-state index is 14.6. The number of aliphatic carboxylic acids is 1. The number of hydrogen-bond donors (Lipinski definition) is 2. The topological polar surface area (TPSA) is 146 Å². The van der Waals surface area contributed by atoms with Crippen molar-refractivity contribution in [3.05, 3.63) is 51.7 Å². The molecule has 1 aliphatic heterocycles. The minimum Gasteiger partial charge on any atom is -0.481 e. The van der Waals surface area contributed by atoms with Crippen molar-refractivity contribution in [1.82, 2.24) is 20.1 Å². The molecule has 1 aliphatic rings. The third-order valence-electron chi connectivity index (χ3n) is 10.7. The lowest BCUT2D eigenvalue weighted by Gasteiger charge is -2.39. The molecule has 0 spiro atoms. The second-order valence-electron chi connectivity index (χ2n) is 15.4. The summed E-state index contributed by atoms with van der Waals surface area (Å²) in [4.78, 5) is 74.6. The number of nitrogens with one attached hydrogen (secondary N) is 1. The molecule has 0 radical (unpaired) electrons. The lowest BCUT2D eigenvalue weighted by atomic mass is 9.82. The number of thiazole rings is 1. The summed E-state index contributed by atoms with van der Waals surface area (Å²) in [6.07, 6.45) is 4.31. The SMILES string of the molecule is CCCN(C(=O)C(CC(=O)C1CCCCN1C)[C@@H](C)CC)[C@H](C[C@@H](OC(C)=O)c1nc(C(=O)N[C@@H](Cc2ccc(F)cc2)C[C@H](C)C(=O)O)cs1)C(C)C. The first kappa shape index (κ1) is 44.7. The van der Waals surface area contributed by atoms with Crippen molar-refractivity contribution in [2.75, 3.05) is 20.1 Å². The predicted molar refractivity (Wildman–Crippen MR) is 207 cm³/mol. The number of likely N-dealkylation sites (tertiary alicyclic amines) is 1. The Balaban J connectivity index is 1.88. The molecule has 7 atom stereocenters. The highest BCUT2D eigenvalue weighted by Gasteiger charge is 2.39. The first-order valence-corrected chi connectivity index (χ1v) is 20.4. The Morgan fingerprint density at radius 3 is 2.33 bits per heavy atom. The third kappa shape index (κ3) is 13.0. The highest BCUT2D eigenvalue weighted by Crippen LogP contribution is 2.33. The van der Waals surface area contributed by atoms with Gasteiger partial charge in [0, 0.05) is 49.7 Å². The summed E-state index contributed by atoms with van der Waals surface area (Å²) in [6.45, 7) is 14.3. The summed E-state index contributed by atoms with van der Waals surface area (Å²) in [5.74, 6) is -3.69. The van der Waals surface area contributed by atoms with Crippen molar-refractivity contribution in [2.45, 2.75) is 130 Å². The number of hydrogen-bond acceptors (Lipinski definition) is 9. The predicted octanol–water partition coefficient (Wildman–Crippen LogP) is 7.10. The number of nitrogens with zero attached hydrogens (tertiary/aromatic N) is 3. The lowest BCUT2D eigenvalue weighted by Crippen LogP contribution is -2.50. The van der Waals surface area contributed by atoms with E-state index in [1.165, 1.54) is 30.4 Å². The van der Waals surface area contributed by atoms with Gasteiger partial charge in [-0.3, -0.25) is 28.9 Å². The second-order valence-corrected chi connectivity index (χ2v) is 16.3. The fraction of sp³-hybridized carbons (Fsp3) is 0.659. The van der Waals surface area contributed by atoms with Crippen molar-refractivity contribution < 1.29 is 38.2 Å². The Morgan fingerprint density at radius 2 is 1.76 bits per heavy atom. The maximum Gasteiger partial charge on any atom is 0.306 e. The van der Waals surface area contributed by atoms with Crippen LogP contribution in [0, 0.1) is 29.5 Å². The average Bonchev–Trinajstić information content (AvgIpc) is 3.62. The Kier molecular flexibility index (Phi) is 17.7. The molecule has 0 bridgehead atoms. The first-order chi connectivity index (χ1) is 25.6. The zero-order chi connectivity index (χ0) is 40.1. The lowest BCUT2D eigenvalue weighted by molar-refractivity contribution is -0.150. The van der Waals surface area contributed by atoms with Crippen molar-refractivity contribution in [1.29, 1.82) is 0 Å². The summed E-state index contributed by atoms with van der Waals surface area (Å²) in [6, 6.07) is 4.71. The highest BCUT2D eigenvalue weighted by atomic mass is 32.1. The molecule has 0 aliphatic carbocycles. The van der Waals surface area contributed by atoms with Gasteiger partial charge in [-0.25, -0.2) is 9.37 Å². The van der Waals surface area contributed by atoms with E-state index in [-0.39, 0.29) is 67.0 Å². The monoisotopic (exact) mass is 772 g/mol. The Morgan fingerprint density at radius 1 is 1.07 bits per heavy atom. The Bertz CT molecular complexity index is 1550. The molecule has 2 unspecified atom stereocenters. The van der Waals surface area contributed by atoms with E-state index in [4.69, 9.17) is 4.74 Å². The van der Waals surface area contributed by atoms with E-state index in [2.05, 4.69) is 15.2 Å². The zero-order valence-corrected chi connectivity index (χ0v) is 34.1. The van der Waals surface area contributed by atoms with E-state index in [0.29, 0.717) is 18.0 Å². The van der Waals surface area contributed by atoms with Gasteiger partial charge in [0.25, 0.3) is 5.91 Å². The van der Waals surface area contributed by atoms with Crippen LogP contribution in [-0.4, -0.2) is 87.7 Å². The number of amides is 2. The van der Waals surface area contributed by atoms with Crippen molar-refractivity contribution in [3.8, 4) is 0 Å². The molecule has 54 heavy (non-hydrogen) atoms. The fourth-order valence-corrected chi connectivity index (χ4v) is 8.19. The number of rotatable bonds is 21. The number of halogens is 1. The number of Topliss-reactive ketones (excluding diaryl/α,β-unsaturated/α-hetero) is 1. The Labute approximate surface area is 324 Å². The number of ketones is 1. The minimum atomic E-state index is -0.997. The molecule has 11 nitrogen and oxygen atoms in total. The van der Waals surface area contributed by atoms with Gasteiger partial charge in [-0.15, -0.1) is 11.3 Å². The van der Waals surface area contributed by atoms with Crippen LogP contribution in [0.1, 0.15) is 127 Å². The van der Waals surface area contributed by atoms with E-state index in [0.717, 1.165) is 37.8 Å². The summed E-state index contributed by atoms with van der Waals surface area (Å²) in [5, 5.41) is 14.4. The van der Waals surface area contributed by atoms with Gasteiger partial charge in [0.2, 0.25) is 5.91 Å². The van der Waals surface area contributed by atoms with Gasteiger partial charge in [0.1, 0.15) is 16.5 Å². The summed E-state index contributed by atoms with van der Waals surface area (Å²) in [5.41, 5.74) is 0.824. The third-order valence-corrected chi connectivity index (χ3v) is 11.6. The molecule has 2 heterocycles. The van der Waals surface area contributed by atoms with Crippen LogP contribution in [0.2, 0.25) is 0 Å². The molecule has 2 aromatic rings. The van der Waals surface area contributed by atoms with Crippen LogP contribution < -0.4 is 5.32 Å². The number of aromatic nitrogens is 1. The van der Waals surface area contributed by atoms with Crippen molar-refractivity contribution >= 4 is 40.9 Å². The normalized spacial score (nSPS) is 18.2. The number of carbonyl (C=O) groups excluding carboxylic acids is 4. The largest absolute Gasteiger partial charge is 0.481 e. The molecule has 1 aromatic heterocycles. The number of ether oxygens (including phenoxy) is 1. The van der Waals surface area contributed by atoms with Crippen LogP contribution in [-0.2, 0) is 30.3 Å². The standard InChI is InChI=1S/C41H61FN4O7S/c1-9-18-46(40(50)32(26(5)10-2)22-36(48)34-13-11-12-19-45(34)8)35(25(3)4)23-37(53-28(7)47)39-44-33(24-54-39)38(49)43-31(20-27(6)41(51)52)21-29-14-16-30(42)17-15-29/h14-17,24-27,31-32,34-35,37H,9-13,18-23H2,1-8H3,(H,43,49)(H,51,52)/t26-,27-,31+,32?,34?,35+,37+/m0/s1. The maximum atomic E-state index is 14.6. The minimum absolute atomic E-state index is 0.0165. The van der Waals surface area contributed by atoms with Gasteiger partial charge in [0.15, 0.2) is 11.9 Å². The van der Waals surface area contributed by atoms with Gasteiger partial charge in [-0.1, -0.05) is 66.5 Å². The molecule has 2 amide bonds. The number of esters is 1. The molecule has 0 saturated carbocycles. The van der Waals surface area contributed by atoms with E-state index in [9.17, 15) is 33.5 Å². The smallest absolute Gasteiger partial charge is 0.306 e. The molecule has 300 valence electrons. The molecule has 13 heteroatoms. The van der Waals surface area contributed by atoms with Gasteiger partial charge in [0.05, 0.1) is 12.0 Å². The van der Waals surface area contributed by atoms with Crippen LogP contribution in [0.5, 0.6) is 0 Å². The van der Waals surface area contributed by atoms with Crippen LogP contribution in [0.15, 0.2) is 29.6 Å². The van der Waals surface area contributed by atoms with Crippen LogP contribution in [0.3, 0.4) is 0 Å². The average molecular weight is 773 g/mol. The molecule has 1 fully saturated rings. The molecule has 1 aromatic carbocycles. The number of benzene rings is 1. The number of carboxylic acid groups (broad SMARTS) is 1. The van der Waals surface area contributed by atoms with E-state index in [1.807, 2.05) is 46.6 Å². The van der Waals surface area contributed by atoms with Crippen LogP contribution >= 0.6 is 11.3 Å². The van der Waals surface area contributed by atoms with E-state index >= 15 is 0 Å². The number of likely N-dealkylation sites (N-methyl/N-ethyl adjacent to an activating group) is 1. The summed E-state index contributed by atoms with van der Waals surface area (Å²) < 4.78 is 19.4. The molecular weight excluding hydrogens is 712 g/mol. The van der Waals surface area contributed by atoms with Crippen LogP contribution in [0.25, 0.3) is 0 Å². The Hall–Kier alpha value is -3.71. The zero-order valence-electron chi connectivity index (χ0n) is 33.3. The van der Waals surface area contributed by atoms with Gasteiger partial charge in [-0.05, 0) is 75.2 Å². The van der Waals surface area contributed by atoms with Crippen molar-refractivity contribution in [3.63, 3.8) is 0 Å². The number of carboxylic acids is 1. The van der Waals surface area contributed by atoms with Crippen molar-refractivity contribution in [2.24, 2.45) is 23.7 Å². The quantitative estimate of drug-likeness (QED) is 0.127. The fourth-order valence-electron chi connectivity index (χ4n) is 7.35. The second kappa shape index (κ2) is 21.4. The summed E-state index contributed by atoms with van der Waals surface area (Å²) in [7, 11) is 1.98. The van der Waals surface area contributed by atoms with Gasteiger partial charge in [-0.2, -0.15) is 0 Å². The molecule has 1 saturated heterocycles. The summed E-state index contributed by atoms with van der Waals surface area (Å²) >= 11 is 1.17. The van der Waals surface area contributed by atoms with Gasteiger partial charge >= 0.3 is 11.9 Å². The first-order valence-electron chi connectivity index (χ1n) is 19.5. The van der Waals surface area contributed by atoms with E-state index < -0.39 is 47.6 Å². The molecular formula is C41H61FN4O7S. The van der Waals surface area contributed by atoms with Gasteiger partial charge < -0.3 is 20.1 Å². The molecule has 2 N–H and O–H groups in total. The van der Waals surface area contributed by atoms with E-state index in [1.54, 1.807) is 24.4 Å². The van der Waals surface area contributed by atoms with Crippen LogP contribution in [0.4, 0.5) is 4.39 Å².